The van der Waals surface area contributed by atoms with Gasteiger partial charge >= 0.3 is 15.6 Å². The molecule has 0 spiro atoms. The predicted molar refractivity (Wildman–Crippen MR) is 114 cm³/mol. The Morgan fingerprint density at radius 2 is 1.31 bits per heavy atom. The Morgan fingerprint density at radius 3 is 1.69 bits per heavy atom. The topological polar surface area (TPSA) is 210 Å². The molecular formula is C15H28BO14P4Y-3. The van der Waals surface area contributed by atoms with Crippen LogP contribution in [0, 0.1) is 24.2 Å². The minimum absolute atomic E-state index is 0. The van der Waals surface area contributed by atoms with Crippen LogP contribution < -0.4 is 9.79 Å². The summed E-state index contributed by atoms with van der Waals surface area (Å²) in [5, 5.41) is 0. The molecule has 2 saturated heterocycles. The van der Waals surface area contributed by atoms with Crippen LogP contribution in [0.5, 0.6) is 0 Å². The zero-order valence-corrected chi connectivity index (χ0v) is 25.9. The summed E-state index contributed by atoms with van der Waals surface area (Å²) in [4.78, 5) is 43.3. The molecular weight excluding hydrogens is 628 g/mol. The van der Waals surface area contributed by atoms with Gasteiger partial charge in [0.1, 0.15) is 0 Å². The van der Waals surface area contributed by atoms with Crippen molar-refractivity contribution >= 4 is 38.7 Å². The minimum atomic E-state index is -5.65. The van der Waals surface area contributed by atoms with Gasteiger partial charge in [-0.3, -0.25) is 9.05 Å². The summed E-state index contributed by atoms with van der Waals surface area (Å²) >= 11 is 0. The standard InChI is InChI=1S/C15H30BO14P4.Y/c1-9-5-15(16)28-13(9)6-25-33(21,22)29-31(17,18)8-32(19,20)30-34(23,24)26-7-14-11(3)10(2)12(4)27-14;/h5,9-15H,6-8H2,1-4H3,(H,17,18)(H,19,20)(H,21,22)(H,23,24);/q-1;/p-2/t9?,10?,11?,12?,13-,14?,15?;/m0./s1. The van der Waals surface area contributed by atoms with E-state index in [2.05, 4.69) is 17.7 Å². The average Bonchev–Trinajstić information content (AvgIpc) is 3.07. The van der Waals surface area contributed by atoms with Crippen LogP contribution in [-0.2, 0) is 78.1 Å². The summed E-state index contributed by atoms with van der Waals surface area (Å²) < 4.78 is 75.9. The van der Waals surface area contributed by atoms with E-state index in [1.807, 2.05) is 13.8 Å². The molecule has 2 aliphatic heterocycles. The first-order valence-corrected chi connectivity index (χ1v) is 16.6. The number of phosphoric ester groups is 2. The Balaban J connectivity index is 0.00000612. The first-order valence-electron chi connectivity index (χ1n) is 10.2. The van der Waals surface area contributed by atoms with Gasteiger partial charge in [-0.25, -0.2) is 17.8 Å². The number of rotatable bonds is 12. The van der Waals surface area contributed by atoms with Gasteiger partial charge in [0.2, 0.25) is 0 Å². The molecule has 2 N–H and O–H groups in total. The summed E-state index contributed by atoms with van der Waals surface area (Å²) in [7, 11) is -16.3. The Labute approximate surface area is 230 Å². The van der Waals surface area contributed by atoms with Crippen molar-refractivity contribution in [1.82, 2.24) is 0 Å². The van der Waals surface area contributed by atoms with Crippen LogP contribution >= 0.6 is 30.8 Å². The van der Waals surface area contributed by atoms with E-state index in [1.165, 1.54) is 0 Å². The average molecular weight is 656 g/mol. The van der Waals surface area contributed by atoms with E-state index in [0.717, 1.165) is 0 Å². The third-order valence-electron chi connectivity index (χ3n) is 5.56. The Kier molecular flexibility index (Phi) is 13.3. The molecule has 0 saturated carbocycles. The van der Waals surface area contributed by atoms with Gasteiger partial charge in [-0.2, -0.15) is 0 Å². The van der Waals surface area contributed by atoms with Gasteiger partial charge in [-0.05, 0) is 18.8 Å². The summed E-state index contributed by atoms with van der Waals surface area (Å²) in [6.07, 6.45) is 0.0296. The molecule has 20 heteroatoms. The van der Waals surface area contributed by atoms with Crippen molar-refractivity contribution in [2.45, 2.75) is 52.0 Å². The maximum absolute atomic E-state index is 12.0. The van der Waals surface area contributed by atoms with Crippen LogP contribution in [0.1, 0.15) is 27.7 Å². The zero-order chi connectivity index (χ0) is 26.1. The molecule has 2 rings (SSSR count). The van der Waals surface area contributed by atoms with E-state index < -0.39 is 68.2 Å². The third kappa shape index (κ3) is 11.4. The Hall–Kier alpha value is 1.69. The van der Waals surface area contributed by atoms with E-state index in [1.54, 1.807) is 20.3 Å². The maximum Gasteiger partial charge on any atom is 0.477 e. The molecule has 0 aromatic rings. The molecule has 0 aromatic carbocycles. The Morgan fingerprint density at radius 1 is 0.857 bits per heavy atom. The van der Waals surface area contributed by atoms with Crippen LogP contribution in [-0.4, -0.2) is 61.1 Å². The fourth-order valence-electron chi connectivity index (χ4n) is 3.43. The number of phosphoric acid groups is 2. The summed E-state index contributed by atoms with van der Waals surface area (Å²) in [6, 6.07) is -0.747. The molecule has 11 atom stereocenters. The van der Waals surface area contributed by atoms with Crippen molar-refractivity contribution in [2.24, 2.45) is 17.8 Å². The summed E-state index contributed by atoms with van der Waals surface area (Å²) in [5.41, 5.74) is 0. The second-order valence-electron chi connectivity index (χ2n) is 8.34. The number of ether oxygens (including phenoxy) is 2. The van der Waals surface area contributed by atoms with Crippen LogP contribution in [0.3, 0.4) is 0 Å². The van der Waals surface area contributed by atoms with E-state index in [4.69, 9.17) is 17.3 Å². The second-order valence-corrected chi connectivity index (χ2v) is 15.6. The fourth-order valence-corrected chi connectivity index (χ4v) is 10.0. The number of hydrogen-bond donors (Lipinski definition) is 2. The van der Waals surface area contributed by atoms with Gasteiger partial charge in [0.25, 0.3) is 0 Å². The van der Waals surface area contributed by atoms with Crippen molar-refractivity contribution in [3.63, 3.8) is 0 Å². The summed E-state index contributed by atoms with van der Waals surface area (Å²) in [5.74, 6) is -2.26. The quantitative estimate of drug-likeness (QED) is 0.171. The van der Waals surface area contributed by atoms with Crippen LogP contribution in [0.2, 0.25) is 0 Å². The molecule has 0 bridgehead atoms. The molecule has 3 radical (unpaired) electrons. The van der Waals surface area contributed by atoms with Gasteiger partial charge in [0, 0.05) is 32.7 Å². The van der Waals surface area contributed by atoms with Gasteiger partial charge in [-0.15, -0.1) is 5.92 Å². The molecule has 201 valence electrons. The number of hydrogen-bond acceptors (Lipinski definition) is 12. The van der Waals surface area contributed by atoms with E-state index >= 15 is 0 Å². The van der Waals surface area contributed by atoms with E-state index in [0.29, 0.717) is 0 Å². The van der Waals surface area contributed by atoms with Gasteiger partial charge < -0.3 is 44.6 Å². The normalized spacial score (nSPS) is 38.0. The van der Waals surface area contributed by atoms with E-state index in [9.17, 15) is 37.8 Å². The predicted octanol–water partition coefficient (Wildman–Crippen LogP) is 1.11. The monoisotopic (exact) mass is 656 g/mol. The molecule has 35 heavy (non-hydrogen) atoms. The largest absolute Gasteiger partial charge is 0.778 e. The molecule has 10 unspecified atom stereocenters. The molecule has 2 heterocycles. The van der Waals surface area contributed by atoms with Crippen molar-refractivity contribution in [2.75, 3.05) is 19.1 Å². The van der Waals surface area contributed by atoms with Crippen molar-refractivity contribution in [1.29, 1.82) is 0 Å². The minimum Gasteiger partial charge on any atom is -0.778 e. The van der Waals surface area contributed by atoms with Crippen molar-refractivity contribution in [3.05, 3.63) is 6.42 Å². The van der Waals surface area contributed by atoms with Gasteiger partial charge in [-0.1, -0.05) is 26.8 Å². The maximum atomic E-state index is 12.0. The Bertz CT molecular complexity index is 909. The molecule has 2 aliphatic rings. The molecule has 0 aliphatic carbocycles. The zero-order valence-electron chi connectivity index (χ0n) is 19.5. The SMILES string of the molecule is [B]C1[CH-]C(C)[C@H](COP(=O)(O)OP(=O)([O-])CP(=O)([O-])OP(=O)(O)OCC2OC(C)C(C)C2C)O1.[Y]. The van der Waals surface area contributed by atoms with Gasteiger partial charge in [0.15, 0.2) is 15.2 Å². The molecule has 14 nitrogen and oxygen atoms in total. The van der Waals surface area contributed by atoms with E-state index in [-0.39, 0.29) is 56.6 Å². The molecule has 0 amide bonds. The second kappa shape index (κ2) is 13.4. The van der Waals surface area contributed by atoms with Crippen LogP contribution in [0.25, 0.3) is 0 Å². The fraction of sp³-hybridized carbons (Fsp3) is 0.933. The first-order chi connectivity index (χ1) is 15.3. The smallest absolute Gasteiger partial charge is 0.477 e. The third-order valence-corrected chi connectivity index (χ3v) is 12.9. The molecule has 0 aromatic heterocycles. The van der Waals surface area contributed by atoms with Crippen molar-refractivity contribution < 1.29 is 97.7 Å². The van der Waals surface area contributed by atoms with Gasteiger partial charge in [0.05, 0.1) is 45.3 Å². The van der Waals surface area contributed by atoms with Crippen LogP contribution in [0.15, 0.2) is 0 Å². The van der Waals surface area contributed by atoms with Crippen molar-refractivity contribution in [3.8, 4) is 0 Å². The summed E-state index contributed by atoms with van der Waals surface area (Å²) in [6.45, 7) is 6.12. The van der Waals surface area contributed by atoms with Crippen LogP contribution in [0.4, 0.5) is 0 Å². The molecule has 2 fully saturated rings. The first kappa shape index (κ1) is 34.7.